The molecule has 1 aliphatic carbocycles. The van der Waals surface area contributed by atoms with Gasteiger partial charge in [0.2, 0.25) is 5.91 Å². The van der Waals surface area contributed by atoms with Gasteiger partial charge in [0.05, 0.1) is 13.2 Å². The van der Waals surface area contributed by atoms with Crippen LogP contribution in [0.2, 0.25) is 0 Å². The van der Waals surface area contributed by atoms with Crippen molar-refractivity contribution in [3.63, 3.8) is 0 Å². The Hall–Kier alpha value is -1.55. The van der Waals surface area contributed by atoms with E-state index in [1.165, 1.54) is 31.4 Å². The van der Waals surface area contributed by atoms with Crippen LogP contribution < -0.4 is 10.2 Å². The zero-order valence-corrected chi connectivity index (χ0v) is 12.5. The standard InChI is InChI=1S/C17H24N2O2/c20-17(13-14-3-1-2-4-14)18-15-5-7-16(8-6-15)19-9-11-21-12-10-19/h5-8,14H,1-4,9-13H2,(H,18,20). The van der Waals surface area contributed by atoms with Crippen molar-refractivity contribution in [1.82, 2.24) is 0 Å². The van der Waals surface area contributed by atoms with Crippen LogP contribution in [0.25, 0.3) is 0 Å². The second-order valence-electron chi connectivity index (χ2n) is 6.05. The van der Waals surface area contributed by atoms with Gasteiger partial charge in [-0.15, -0.1) is 0 Å². The number of nitrogens with one attached hydrogen (secondary N) is 1. The lowest BCUT2D eigenvalue weighted by atomic mass is 10.0. The number of carbonyl (C=O) groups is 1. The Bertz CT molecular complexity index is 460. The zero-order valence-electron chi connectivity index (χ0n) is 12.5. The number of nitrogens with zero attached hydrogens (tertiary/aromatic N) is 1. The van der Waals surface area contributed by atoms with Crippen LogP contribution in [0, 0.1) is 5.92 Å². The zero-order chi connectivity index (χ0) is 14.5. The molecule has 1 aromatic rings. The molecule has 1 saturated carbocycles. The first kappa shape index (κ1) is 14.4. The van der Waals surface area contributed by atoms with Gasteiger partial charge in [0, 0.05) is 30.9 Å². The molecule has 4 nitrogen and oxygen atoms in total. The summed E-state index contributed by atoms with van der Waals surface area (Å²) in [6.07, 6.45) is 5.66. The number of ether oxygens (including phenoxy) is 1. The number of benzene rings is 1. The van der Waals surface area contributed by atoms with Gasteiger partial charge in [0.25, 0.3) is 0 Å². The average molecular weight is 288 g/mol. The van der Waals surface area contributed by atoms with Crippen LogP contribution in [0.5, 0.6) is 0 Å². The van der Waals surface area contributed by atoms with E-state index in [9.17, 15) is 4.79 Å². The molecule has 114 valence electrons. The summed E-state index contributed by atoms with van der Waals surface area (Å²) in [4.78, 5) is 14.3. The van der Waals surface area contributed by atoms with Crippen LogP contribution in [-0.4, -0.2) is 32.2 Å². The van der Waals surface area contributed by atoms with Gasteiger partial charge in [0.1, 0.15) is 0 Å². The summed E-state index contributed by atoms with van der Waals surface area (Å²) in [6, 6.07) is 8.15. The van der Waals surface area contributed by atoms with Crippen molar-refractivity contribution < 1.29 is 9.53 Å². The predicted molar refractivity (Wildman–Crippen MR) is 84.7 cm³/mol. The normalized spacial score (nSPS) is 19.7. The van der Waals surface area contributed by atoms with Crippen LogP contribution in [0.15, 0.2) is 24.3 Å². The fourth-order valence-electron chi connectivity index (χ4n) is 3.27. The molecule has 0 aromatic heterocycles. The van der Waals surface area contributed by atoms with Gasteiger partial charge in [-0.2, -0.15) is 0 Å². The first-order valence-electron chi connectivity index (χ1n) is 8.04. The highest BCUT2D eigenvalue weighted by Crippen LogP contribution is 2.28. The minimum absolute atomic E-state index is 0.154. The lowest BCUT2D eigenvalue weighted by molar-refractivity contribution is -0.117. The molecule has 1 N–H and O–H groups in total. The summed E-state index contributed by atoms with van der Waals surface area (Å²) in [7, 11) is 0. The van der Waals surface area contributed by atoms with E-state index < -0.39 is 0 Å². The first-order chi connectivity index (χ1) is 10.3. The Morgan fingerprint density at radius 2 is 1.81 bits per heavy atom. The fraction of sp³-hybridized carbons (Fsp3) is 0.588. The third-order valence-electron chi connectivity index (χ3n) is 4.48. The van der Waals surface area contributed by atoms with E-state index in [1.807, 2.05) is 12.1 Å². The molecule has 2 aliphatic rings. The maximum Gasteiger partial charge on any atom is 0.224 e. The number of amides is 1. The summed E-state index contributed by atoms with van der Waals surface area (Å²) in [5.41, 5.74) is 2.10. The quantitative estimate of drug-likeness (QED) is 0.926. The van der Waals surface area contributed by atoms with Gasteiger partial charge >= 0.3 is 0 Å². The van der Waals surface area contributed by atoms with Gasteiger partial charge in [0.15, 0.2) is 0 Å². The number of carbonyl (C=O) groups excluding carboxylic acids is 1. The maximum absolute atomic E-state index is 12.0. The van der Waals surface area contributed by atoms with Crippen LogP contribution >= 0.6 is 0 Å². The molecule has 1 aromatic carbocycles. The second-order valence-corrected chi connectivity index (χ2v) is 6.05. The topological polar surface area (TPSA) is 41.6 Å². The van der Waals surface area contributed by atoms with E-state index in [0.717, 1.165) is 32.0 Å². The molecule has 0 unspecified atom stereocenters. The molecular weight excluding hydrogens is 264 g/mol. The average Bonchev–Trinajstić information content (AvgIpc) is 3.02. The Balaban J connectivity index is 1.52. The van der Waals surface area contributed by atoms with Gasteiger partial charge in [-0.3, -0.25) is 4.79 Å². The molecule has 0 atom stereocenters. The SMILES string of the molecule is O=C(CC1CCCC1)Nc1ccc(N2CCOCC2)cc1. The summed E-state index contributed by atoms with van der Waals surface area (Å²) in [5.74, 6) is 0.749. The summed E-state index contributed by atoms with van der Waals surface area (Å²) in [6.45, 7) is 3.46. The molecule has 0 bridgehead atoms. The molecule has 4 heteroatoms. The van der Waals surface area contributed by atoms with Crippen molar-refractivity contribution in [3.8, 4) is 0 Å². The van der Waals surface area contributed by atoms with E-state index >= 15 is 0 Å². The third-order valence-corrected chi connectivity index (χ3v) is 4.48. The number of rotatable bonds is 4. The van der Waals surface area contributed by atoms with Crippen LogP contribution in [0.3, 0.4) is 0 Å². The van der Waals surface area contributed by atoms with Crippen LogP contribution in [-0.2, 0) is 9.53 Å². The molecule has 21 heavy (non-hydrogen) atoms. The van der Waals surface area contributed by atoms with Crippen molar-refractivity contribution in [2.45, 2.75) is 32.1 Å². The van der Waals surface area contributed by atoms with Crippen molar-refractivity contribution in [2.24, 2.45) is 5.92 Å². The molecule has 1 aliphatic heterocycles. The lowest BCUT2D eigenvalue weighted by Crippen LogP contribution is -2.36. The van der Waals surface area contributed by atoms with Crippen LogP contribution in [0.4, 0.5) is 11.4 Å². The monoisotopic (exact) mass is 288 g/mol. The van der Waals surface area contributed by atoms with Crippen molar-refractivity contribution in [3.05, 3.63) is 24.3 Å². The molecule has 1 saturated heterocycles. The fourth-order valence-corrected chi connectivity index (χ4v) is 3.27. The van der Waals surface area contributed by atoms with Crippen molar-refractivity contribution >= 4 is 17.3 Å². The highest BCUT2D eigenvalue weighted by atomic mass is 16.5. The highest BCUT2D eigenvalue weighted by molar-refractivity contribution is 5.91. The minimum Gasteiger partial charge on any atom is -0.378 e. The van der Waals surface area contributed by atoms with Gasteiger partial charge in [-0.25, -0.2) is 0 Å². The van der Waals surface area contributed by atoms with E-state index in [1.54, 1.807) is 0 Å². The number of anilines is 2. The van der Waals surface area contributed by atoms with E-state index in [0.29, 0.717) is 12.3 Å². The number of hydrogen-bond donors (Lipinski definition) is 1. The molecule has 1 amide bonds. The Morgan fingerprint density at radius 3 is 2.48 bits per heavy atom. The highest BCUT2D eigenvalue weighted by Gasteiger charge is 2.18. The van der Waals surface area contributed by atoms with Crippen LogP contribution in [0.1, 0.15) is 32.1 Å². The summed E-state index contributed by atoms with van der Waals surface area (Å²) in [5, 5.41) is 3.02. The largest absolute Gasteiger partial charge is 0.378 e. The predicted octanol–water partition coefficient (Wildman–Crippen LogP) is 3.04. The number of hydrogen-bond acceptors (Lipinski definition) is 3. The minimum atomic E-state index is 0.154. The Morgan fingerprint density at radius 1 is 1.14 bits per heavy atom. The third kappa shape index (κ3) is 3.97. The van der Waals surface area contributed by atoms with Gasteiger partial charge < -0.3 is 15.0 Å². The lowest BCUT2D eigenvalue weighted by Gasteiger charge is -2.28. The van der Waals surface area contributed by atoms with E-state index in [4.69, 9.17) is 4.74 Å². The van der Waals surface area contributed by atoms with Crippen molar-refractivity contribution in [1.29, 1.82) is 0 Å². The first-order valence-corrected chi connectivity index (χ1v) is 8.04. The maximum atomic E-state index is 12.0. The summed E-state index contributed by atoms with van der Waals surface area (Å²) < 4.78 is 5.36. The molecule has 1 heterocycles. The molecule has 0 radical (unpaired) electrons. The molecule has 2 fully saturated rings. The molecular formula is C17H24N2O2. The Labute approximate surface area is 126 Å². The van der Waals surface area contributed by atoms with Gasteiger partial charge in [-0.1, -0.05) is 12.8 Å². The van der Waals surface area contributed by atoms with Crippen molar-refractivity contribution in [2.75, 3.05) is 36.5 Å². The smallest absolute Gasteiger partial charge is 0.224 e. The molecule has 3 rings (SSSR count). The second kappa shape index (κ2) is 6.94. The van der Waals surface area contributed by atoms with Gasteiger partial charge in [-0.05, 0) is 43.0 Å². The van der Waals surface area contributed by atoms with E-state index in [-0.39, 0.29) is 5.91 Å². The Kier molecular flexibility index (Phi) is 4.76. The number of morpholine rings is 1. The molecule has 0 spiro atoms. The summed E-state index contributed by atoms with van der Waals surface area (Å²) >= 11 is 0. The van der Waals surface area contributed by atoms with E-state index in [2.05, 4.69) is 22.3 Å².